The monoisotopic (exact) mass is 366 g/mol. The third-order valence-electron chi connectivity index (χ3n) is 5.05. The van der Waals surface area contributed by atoms with Crippen molar-refractivity contribution < 1.29 is 14.3 Å². The van der Waals surface area contributed by atoms with Gasteiger partial charge < -0.3 is 14.5 Å². The maximum Gasteiger partial charge on any atom is 0.260 e. The normalized spacial score (nSPS) is 14.7. The van der Waals surface area contributed by atoms with Crippen LogP contribution in [0.2, 0.25) is 0 Å². The summed E-state index contributed by atoms with van der Waals surface area (Å²) in [7, 11) is 1.81. The number of carbonyl (C=O) groups excluding carboxylic acids is 2. The molecule has 27 heavy (non-hydrogen) atoms. The Bertz CT molecular complexity index is 766. The molecule has 2 amide bonds. The quantitative estimate of drug-likeness (QED) is 0.816. The van der Waals surface area contributed by atoms with Gasteiger partial charge in [-0.2, -0.15) is 0 Å². The Morgan fingerprint density at radius 2 is 1.67 bits per heavy atom. The molecule has 0 unspecified atom stereocenters. The van der Waals surface area contributed by atoms with Crippen molar-refractivity contribution >= 4 is 17.5 Å². The molecule has 0 aliphatic carbocycles. The largest absolute Gasteiger partial charge is 0.484 e. The van der Waals surface area contributed by atoms with E-state index in [0.717, 1.165) is 11.3 Å². The van der Waals surface area contributed by atoms with Gasteiger partial charge >= 0.3 is 0 Å². The molecule has 1 saturated heterocycles. The van der Waals surface area contributed by atoms with Gasteiger partial charge in [-0.3, -0.25) is 9.59 Å². The van der Waals surface area contributed by atoms with E-state index in [9.17, 15) is 9.59 Å². The Labute approximate surface area is 160 Å². The van der Waals surface area contributed by atoms with Gasteiger partial charge in [-0.05, 0) is 44.0 Å². The zero-order valence-corrected chi connectivity index (χ0v) is 15.9. The molecule has 5 heteroatoms. The highest BCUT2D eigenvalue weighted by Crippen LogP contribution is 2.22. The van der Waals surface area contributed by atoms with Crippen LogP contribution in [0.4, 0.5) is 5.69 Å². The summed E-state index contributed by atoms with van der Waals surface area (Å²) in [5, 5.41) is 0. The molecule has 0 aromatic heterocycles. The highest BCUT2D eigenvalue weighted by molar-refractivity contribution is 5.94. The number of carbonyl (C=O) groups is 2. The van der Waals surface area contributed by atoms with Crippen molar-refractivity contribution in [2.24, 2.45) is 5.92 Å². The molecule has 1 aliphatic heterocycles. The number of aryl methyl sites for hydroxylation is 1. The first-order chi connectivity index (χ1) is 13.0. The molecule has 0 bridgehead atoms. The minimum absolute atomic E-state index is 0.0297. The number of likely N-dealkylation sites (tertiary alicyclic amines) is 1. The first kappa shape index (κ1) is 19.0. The number of hydrogen-bond acceptors (Lipinski definition) is 3. The first-order valence-electron chi connectivity index (χ1n) is 9.34. The number of para-hydroxylation sites is 1. The van der Waals surface area contributed by atoms with Gasteiger partial charge in [0.05, 0.1) is 0 Å². The number of amides is 2. The number of rotatable bonds is 5. The molecule has 1 fully saturated rings. The summed E-state index contributed by atoms with van der Waals surface area (Å²) in [6.07, 6.45) is 1.37. The van der Waals surface area contributed by atoms with Crippen LogP contribution < -0.4 is 9.64 Å². The van der Waals surface area contributed by atoms with Crippen molar-refractivity contribution in [3.8, 4) is 5.75 Å². The Hall–Kier alpha value is -2.82. The van der Waals surface area contributed by atoms with Crippen molar-refractivity contribution in [2.45, 2.75) is 19.8 Å². The number of anilines is 1. The summed E-state index contributed by atoms with van der Waals surface area (Å²) in [6.45, 7) is 3.23. The molecule has 0 N–H and O–H groups in total. The van der Waals surface area contributed by atoms with Gasteiger partial charge in [0.15, 0.2) is 6.61 Å². The molecule has 0 radical (unpaired) electrons. The van der Waals surface area contributed by atoms with Crippen LogP contribution in [-0.4, -0.2) is 43.5 Å². The maximum atomic E-state index is 12.7. The molecule has 0 saturated carbocycles. The van der Waals surface area contributed by atoms with E-state index < -0.39 is 0 Å². The zero-order chi connectivity index (χ0) is 19.2. The Kier molecular flexibility index (Phi) is 6.12. The van der Waals surface area contributed by atoms with Crippen LogP contribution in [0.5, 0.6) is 5.75 Å². The predicted molar refractivity (Wildman–Crippen MR) is 106 cm³/mol. The van der Waals surface area contributed by atoms with Crippen LogP contribution in [0.1, 0.15) is 18.4 Å². The Morgan fingerprint density at radius 3 is 2.30 bits per heavy atom. The lowest BCUT2D eigenvalue weighted by molar-refractivity contribution is -0.136. The first-order valence-corrected chi connectivity index (χ1v) is 9.34. The summed E-state index contributed by atoms with van der Waals surface area (Å²) in [5.74, 6) is 0.739. The molecule has 142 valence electrons. The van der Waals surface area contributed by atoms with E-state index in [1.807, 2.05) is 68.6 Å². The molecule has 2 aromatic rings. The van der Waals surface area contributed by atoms with Crippen LogP contribution in [-0.2, 0) is 9.59 Å². The lowest BCUT2D eigenvalue weighted by Gasteiger charge is -2.33. The smallest absolute Gasteiger partial charge is 0.260 e. The van der Waals surface area contributed by atoms with Crippen molar-refractivity contribution in [2.75, 3.05) is 31.6 Å². The number of piperidine rings is 1. The summed E-state index contributed by atoms with van der Waals surface area (Å²) in [5.41, 5.74) is 2.05. The van der Waals surface area contributed by atoms with Gasteiger partial charge in [0.2, 0.25) is 5.91 Å². The van der Waals surface area contributed by atoms with Crippen LogP contribution >= 0.6 is 0 Å². The second-order valence-corrected chi connectivity index (χ2v) is 6.99. The Balaban J connectivity index is 1.47. The Morgan fingerprint density at radius 1 is 1.04 bits per heavy atom. The van der Waals surface area contributed by atoms with Crippen LogP contribution in [0.3, 0.4) is 0 Å². The average molecular weight is 366 g/mol. The molecule has 1 aliphatic rings. The average Bonchev–Trinajstić information content (AvgIpc) is 2.73. The van der Waals surface area contributed by atoms with E-state index in [1.165, 1.54) is 0 Å². The molecule has 1 heterocycles. The van der Waals surface area contributed by atoms with E-state index in [1.54, 1.807) is 9.80 Å². The third kappa shape index (κ3) is 4.88. The topological polar surface area (TPSA) is 49.9 Å². The van der Waals surface area contributed by atoms with Crippen molar-refractivity contribution in [3.05, 3.63) is 60.2 Å². The van der Waals surface area contributed by atoms with E-state index in [-0.39, 0.29) is 24.3 Å². The van der Waals surface area contributed by atoms with Crippen LogP contribution in [0.15, 0.2) is 54.6 Å². The van der Waals surface area contributed by atoms with Crippen LogP contribution in [0.25, 0.3) is 0 Å². The van der Waals surface area contributed by atoms with Crippen molar-refractivity contribution in [3.63, 3.8) is 0 Å². The minimum Gasteiger partial charge on any atom is -0.484 e. The molecular weight excluding hydrogens is 340 g/mol. The molecule has 0 atom stereocenters. The predicted octanol–water partition coefficient (Wildman–Crippen LogP) is 3.28. The van der Waals surface area contributed by atoms with Gasteiger partial charge in [-0.15, -0.1) is 0 Å². The SMILES string of the molecule is Cc1ccc(OCC(=O)N2CCC(C(=O)N(C)c3ccccc3)CC2)cc1. The summed E-state index contributed by atoms with van der Waals surface area (Å²) in [6, 6.07) is 17.3. The standard InChI is InChI=1S/C22H26N2O3/c1-17-8-10-20(11-9-17)27-16-21(25)24-14-12-18(13-15-24)22(26)23(2)19-6-4-3-5-7-19/h3-11,18H,12-16H2,1-2H3. The van der Waals surface area contributed by atoms with Crippen molar-refractivity contribution in [1.29, 1.82) is 0 Å². The fourth-order valence-corrected chi connectivity index (χ4v) is 3.30. The molecule has 3 rings (SSSR count). The molecule has 5 nitrogen and oxygen atoms in total. The lowest BCUT2D eigenvalue weighted by Crippen LogP contribution is -2.45. The van der Waals surface area contributed by atoms with E-state index in [2.05, 4.69) is 0 Å². The number of benzene rings is 2. The van der Waals surface area contributed by atoms with E-state index in [4.69, 9.17) is 4.74 Å². The third-order valence-corrected chi connectivity index (χ3v) is 5.05. The fraction of sp³-hybridized carbons (Fsp3) is 0.364. The van der Waals surface area contributed by atoms with Gasteiger partial charge in [-0.1, -0.05) is 35.9 Å². The summed E-state index contributed by atoms with van der Waals surface area (Å²) < 4.78 is 5.58. The lowest BCUT2D eigenvalue weighted by atomic mass is 9.95. The highest BCUT2D eigenvalue weighted by atomic mass is 16.5. The fourth-order valence-electron chi connectivity index (χ4n) is 3.30. The zero-order valence-electron chi connectivity index (χ0n) is 15.9. The van der Waals surface area contributed by atoms with Gasteiger partial charge in [0, 0.05) is 31.7 Å². The summed E-state index contributed by atoms with van der Waals surface area (Å²) in [4.78, 5) is 28.6. The van der Waals surface area contributed by atoms with E-state index in [0.29, 0.717) is 31.7 Å². The molecule has 0 spiro atoms. The number of nitrogens with zero attached hydrogens (tertiary/aromatic N) is 2. The van der Waals surface area contributed by atoms with Crippen LogP contribution in [0, 0.1) is 12.8 Å². The number of ether oxygens (including phenoxy) is 1. The highest BCUT2D eigenvalue weighted by Gasteiger charge is 2.29. The second kappa shape index (κ2) is 8.71. The van der Waals surface area contributed by atoms with Gasteiger partial charge in [0.1, 0.15) is 5.75 Å². The maximum absolute atomic E-state index is 12.7. The van der Waals surface area contributed by atoms with Crippen molar-refractivity contribution in [1.82, 2.24) is 4.90 Å². The van der Waals surface area contributed by atoms with Gasteiger partial charge in [-0.25, -0.2) is 0 Å². The second-order valence-electron chi connectivity index (χ2n) is 6.99. The molecular formula is C22H26N2O3. The number of hydrogen-bond donors (Lipinski definition) is 0. The summed E-state index contributed by atoms with van der Waals surface area (Å²) >= 11 is 0. The molecule has 2 aromatic carbocycles. The van der Waals surface area contributed by atoms with E-state index >= 15 is 0 Å². The van der Waals surface area contributed by atoms with Gasteiger partial charge in [0.25, 0.3) is 5.91 Å². The minimum atomic E-state index is -0.0442.